The van der Waals surface area contributed by atoms with Crippen molar-refractivity contribution in [3.63, 3.8) is 0 Å². The molecule has 8 heteroatoms. The van der Waals surface area contributed by atoms with Crippen molar-refractivity contribution in [3.05, 3.63) is 6.33 Å². The normalized spacial score (nSPS) is 19.5. The van der Waals surface area contributed by atoms with Gasteiger partial charge in [-0.3, -0.25) is 0 Å². The van der Waals surface area contributed by atoms with Gasteiger partial charge >= 0.3 is 0 Å². The van der Waals surface area contributed by atoms with Crippen molar-refractivity contribution in [3.8, 4) is 0 Å². The smallest absolute Gasteiger partial charge is 0.190 e. The van der Waals surface area contributed by atoms with Crippen LogP contribution in [0.3, 0.4) is 0 Å². The lowest BCUT2D eigenvalue weighted by Crippen LogP contribution is -2.31. The van der Waals surface area contributed by atoms with E-state index in [1.165, 1.54) is 64.7 Å². The molecule has 4 rings (SSSR count). The maximum Gasteiger partial charge on any atom is 0.190 e. The molecule has 4 heterocycles. The Bertz CT molecular complexity index is 752. The molecule has 2 aliphatic rings. The highest BCUT2D eigenvalue weighted by atomic mass is 32.2. The van der Waals surface area contributed by atoms with Crippen LogP contribution < -0.4 is 0 Å². The molecule has 0 amide bonds. The Morgan fingerprint density at radius 2 is 1.43 bits per heavy atom. The minimum Gasteiger partial charge on any atom is -0.330 e. The summed E-state index contributed by atoms with van der Waals surface area (Å²) in [4.78, 5) is 19.3. The number of rotatable bonds is 8. The minimum absolute atomic E-state index is 0.832. The largest absolute Gasteiger partial charge is 0.330 e. The van der Waals surface area contributed by atoms with Crippen molar-refractivity contribution in [2.45, 2.75) is 48.7 Å². The van der Waals surface area contributed by atoms with Crippen LogP contribution in [0.15, 0.2) is 16.5 Å². The van der Waals surface area contributed by atoms with Crippen molar-refractivity contribution in [1.29, 1.82) is 0 Å². The van der Waals surface area contributed by atoms with E-state index in [0.29, 0.717) is 0 Å². The summed E-state index contributed by atoms with van der Waals surface area (Å²) in [5.41, 5.74) is 1.91. The second-order valence-electron chi connectivity index (χ2n) is 7.84. The molecule has 2 aliphatic heterocycles. The third-order valence-corrected chi connectivity index (χ3v) is 7.47. The molecule has 0 spiro atoms. The fourth-order valence-corrected chi connectivity index (χ4v) is 6.03. The summed E-state index contributed by atoms with van der Waals surface area (Å²) in [5, 5.41) is 1.96. The molecule has 0 aromatic carbocycles. The molecule has 0 unspecified atom stereocenters. The van der Waals surface area contributed by atoms with E-state index < -0.39 is 0 Å². The first-order chi connectivity index (χ1) is 13.8. The van der Waals surface area contributed by atoms with Gasteiger partial charge in [-0.2, -0.15) is 0 Å². The lowest BCUT2D eigenvalue weighted by Gasteiger charge is -2.26. The highest BCUT2D eigenvalue weighted by molar-refractivity contribution is 8.00. The SMILES string of the molecule is Cn1cnc2nc(SCCN3CCCCC3)nc(SCCN3CCCCC3)c21. The zero-order valence-corrected chi connectivity index (χ0v) is 18.6. The number of aromatic nitrogens is 4. The molecule has 2 aromatic heterocycles. The van der Waals surface area contributed by atoms with Gasteiger partial charge in [-0.25, -0.2) is 15.0 Å². The average Bonchev–Trinajstić information content (AvgIpc) is 3.10. The Morgan fingerprint density at radius 1 is 0.821 bits per heavy atom. The number of hydrogen-bond donors (Lipinski definition) is 0. The van der Waals surface area contributed by atoms with E-state index in [-0.39, 0.29) is 0 Å². The third kappa shape index (κ3) is 5.40. The molecule has 2 saturated heterocycles. The summed E-state index contributed by atoms with van der Waals surface area (Å²) in [6.45, 7) is 7.28. The third-order valence-electron chi connectivity index (χ3n) is 5.70. The fraction of sp³-hybridized carbons (Fsp3) is 0.750. The number of hydrogen-bond acceptors (Lipinski definition) is 7. The van der Waals surface area contributed by atoms with Crippen LogP contribution in [0.2, 0.25) is 0 Å². The van der Waals surface area contributed by atoms with Gasteiger partial charge < -0.3 is 14.4 Å². The highest BCUT2D eigenvalue weighted by Gasteiger charge is 2.16. The van der Waals surface area contributed by atoms with Crippen LogP contribution in [-0.2, 0) is 7.05 Å². The zero-order valence-electron chi connectivity index (χ0n) is 17.0. The summed E-state index contributed by atoms with van der Waals surface area (Å²) in [6, 6.07) is 0. The lowest BCUT2D eigenvalue weighted by atomic mass is 10.1. The molecular weight excluding hydrogens is 388 g/mol. The maximum atomic E-state index is 4.92. The maximum absolute atomic E-state index is 4.92. The van der Waals surface area contributed by atoms with E-state index in [4.69, 9.17) is 9.97 Å². The van der Waals surface area contributed by atoms with Crippen LogP contribution in [0.4, 0.5) is 0 Å². The second-order valence-corrected chi connectivity index (χ2v) is 9.99. The molecule has 2 aromatic rings. The molecule has 6 nitrogen and oxygen atoms in total. The lowest BCUT2D eigenvalue weighted by molar-refractivity contribution is 0.242. The second kappa shape index (κ2) is 10.3. The summed E-state index contributed by atoms with van der Waals surface area (Å²) in [6.07, 6.45) is 10.0. The standard InChI is InChI=1S/C20H32N6S2/c1-24-16-21-18-17(24)19(27-14-12-25-8-4-2-5-9-25)23-20(22-18)28-15-13-26-10-6-3-7-11-26/h16H,2-15H2,1H3. The van der Waals surface area contributed by atoms with Crippen LogP contribution >= 0.6 is 23.5 Å². The van der Waals surface area contributed by atoms with Gasteiger partial charge in [0.1, 0.15) is 10.5 Å². The first kappa shape index (κ1) is 20.4. The van der Waals surface area contributed by atoms with Crippen molar-refractivity contribution in [2.24, 2.45) is 7.05 Å². The molecular formula is C20H32N6S2. The van der Waals surface area contributed by atoms with Gasteiger partial charge in [-0.05, 0) is 51.9 Å². The van der Waals surface area contributed by atoms with E-state index in [1.54, 1.807) is 11.8 Å². The Balaban J connectivity index is 1.37. The predicted molar refractivity (Wildman–Crippen MR) is 118 cm³/mol. The van der Waals surface area contributed by atoms with Crippen LogP contribution in [0, 0.1) is 0 Å². The first-order valence-electron chi connectivity index (χ1n) is 10.7. The first-order valence-corrected chi connectivity index (χ1v) is 12.7. The van der Waals surface area contributed by atoms with E-state index in [0.717, 1.165) is 45.9 Å². The number of imidazole rings is 1. The molecule has 0 N–H and O–H groups in total. The Kier molecular flexibility index (Phi) is 7.50. The summed E-state index contributed by atoms with van der Waals surface area (Å²) < 4.78 is 2.06. The Hall–Kier alpha value is -0.830. The Labute approximate surface area is 176 Å². The van der Waals surface area contributed by atoms with E-state index in [9.17, 15) is 0 Å². The van der Waals surface area contributed by atoms with Gasteiger partial charge in [0, 0.05) is 31.6 Å². The molecule has 0 aliphatic carbocycles. The molecule has 0 bridgehead atoms. The Morgan fingerprint density at radius 3 is 2.07 bits per heavy atom. The number of piperidine rings is 2. The van der Waals surface area contributed by atoms with Crippen molar-refractivity contribution in [1.82, 2.24) is 29.3 Å². The van der Waals surface area contributed by atoms with Gasteiger partial charge in [-0.15, -0.1) is 11.8 Å². The van der Waals surface area contributed by atoms with Crippen LogP contribution in [0.1, 0.15) is 38.5 Å². The van der Waals surface area contributed by atoms with Crippen LogP contribution in [-0.4, -0.2) is 80.1 Å². The van der Waals surface area contributed by atoms with Gasteiger partial charge in [0.2, 0.25) is 0 Å². The van der Waals surface area contributed by atoms with E-state index >= 15 is 0 Å². The number of aryl methyl sites for hydroxylation is 1. The molecule has 28 heavy (non-hydrogen) atoms. The zero-order chi connectivity index (χ0) is 19.2. The van der Waals surface area contributed by atoms with E-state index in [2.05, 4.69) is 19.4 Å². The quantitative estimate of drug-likeness (QED) is 0.368. The van der Waals surface area contributed by atoms with Gasteiger partial charge in [0.15, 0.2) is 10.8 Å². The summed E-state index contributed by atoms with van der Waals surface area (Å²) in [5.74, 6) is 2.13. The minimum atomic E-state index is 0.832. The topological polar surface area (TPSA) is 50.1 Å². The number of thioether (sulfide) groups is 2. The number of fused-ring (bicyclic) bond motifs is 1. The van der Waals surface area contributed by atoms with Crippen molar-refractivity contribution in [2.75, 3.05) is 50.8 Å². The van der Waals surface area contributed by atoms with Crippen molar-refractivity contribution >= 4 is 34.7 Å². The molecule has 0 atom stereocenters. The van der Waals surface area contributed by atoms with Gasteiger partial charge in [-0.1, -0.05) is 24.6 Å². The van der Waals surface area contributed by atoms with Gasteiger partial charge in [0.25, 0.3) is 0 Å². The van der Waals surface area contributed by atoms with Crippen LogP contribution in [0.5, 0.6) is 0 Å². The molecule has 0 radical (unpaired) electrons. The molecule has 0 saturated carbocycles. The monoisotopic (exact) mass is 420 g/mol. The summed E-state index contributed by atoms with van der Waals surface area (Å²) >= 11 is 3.64. The predicted octanol–water partition coefficient (Wildman–Crippen LogP) is 3.52. The van der Waals surface area contributed by atoms with Gasteiger partial charge in [0.05, 0.1) is 6.33 Å². The van der Waals surface area contributed by atoms with Crippen molar-refractivity contribution < 1.29 is 0 Å². The van der Waals surface area contributed by atoms with E-state index in [1.807, 2.05) is 25.1 Å². The number of nitrogens with zero attached hydrogens (tertiary/aromatic N) is 6. The number of likely N-dealkylation sites (tertiary alicyclic amines) is 2. The average molecular weight is 421 g/mol. The molecule has 2 fully saturated rings. The summed E-state index contributed by atoms with van der Waals surface area (Å²) in [7, 11) is 2.04. The van der Waals surface area contributed by atoms with Crippen LogP contribution in [0.25, 0.3) is 11.2 Å². The molecule has 154 valence electrons. The highest BCUT2D eigenvalue weighted by Crippen LogP contribution is 2.27. The fourth-order valence-electron chi connectivity index (χ4n) is 4.07.